The predicted molar refractivity (Wildman–Crippen MR) is 102 cm³/mol. The lowest BCUT2D eigenvalue weighted by molar-refractivity contribution is -0.123. The summed E-state index contributed by atoms with van der Waals surface area (Å²) in [7, 11) is -3.35. The third kappa shape index (κ3) is 5.07. The molecule has 0 spiro atoms. The second-order valence-electron chi connectivity index (χ2n) is 7.45. The number of benzene rings is 1. The lowest BCUT2D eigenvalue weighted by Gasteiger charge is -2.33. The van der Waals surface area contributed by atoms with E-state index in [1.165, 1.54) is 12.1 Å². The predicted octanol–water partition coefficient (Wildman–Crippen LogP) is 0.811. The van der Waals surface area contributed by atoms with E-state index in [4.69, 9.17) is 0 Å². The highest BCUT2D eigenvalue weighted by molar-refractivity contribution is 7.90. The van der Waals surface area contributed by atoms with Gasteiger partial charge in [-0.05, 0) is 56.3 Å². The molecular formula is C19H27N3O4S. The van der Waals surface area contributed by atoms with Crippen LogP contribution in [0.1, 0.15) is 36.0 Å². The Hall–Kier alpha value is -1.93. The monoisotopic (exact) mass is 393 g/mol. The van der Waals surface area contributed by atoms with Crippen molar-refractivity contribution in [2.24, 2.45) is 5.92 Å². The number of nitrogens with one attached hydrogen (secondary N) is 2. The molecule has 2 N–H and O–H groups in total. The minimum Gasteiger partial charge on any atom is -0.354 e. The number of amides is 2. The maximum absolute atomic E-state index is 12.8. The molecule has 2 fully saturated rings. The first-order valence-electron chi connectivity index (χ1n) is 9.45. The molecule has 0 aromatic heterocycles. The van der Waals surface area contributed by atoms with E-state index < -0.39 is 9.84 Å². The minimum absolute atomic E-state index is 0.0387. The fourth-order valence-electron chi connectivity index (χ4n) is 3.73. The van der Waals surface area contributed by atoms with E-state index in [1.54, 1.807) is 17.0 Å². The van der Waals surface area contributed by atoms with Gasteiger partial charge in [0, 0.05) is 31.5 Å². The van der Waals surface area contributed by atoms with Gasteiger partial charge < -0.3 is 15.5 Å². The van der Waals surface area contributed by atoms with Crippen LogP contribution in [0, 0.1) is 5.92 Å². The van der Waals surface area contributed by atoms with Gasteiger partial charge in [-0.1, -0.05) is 6.07 Å². The Labute approximate surface area is 160 Å². The van der Waals surface area contributed by atoms with E-state index >= 15 is 0 Å². The molecule has 1 aromatic carbocycles. The van der Waals surface area contributed by atoms with Gasteiger partial charge in [-0.25, -0.2) is 8.42 Å². The maximum atomic E-state index is 12.8. The topological polar surface area (TPSA) is 95.6 Å². The minimum atomic E-state index is -3.35. The highest BCUT2D eigenvalue weighted by atomic mass is 32.2. The van der Waals surface area contributed by atoms with Crippen LogP contribution in [-0.2, 0) is 14.6 Å². The Morgan fingerprint density at radius 2 is 2.07 bits per heavy atom. The lowest BCUT2D eigenvalue weighted by atomic mass is 9.97. The van der Waals surface area contributed by atoms with Gasteiger partial charge >= 0.3 is 0 Å². The van der Waals surface area contributed by atoms with Crippen LogP contribution < -0.4 is 10.6 Å². The molecule has 27 heavy (non-hydrogen) atoms. The van der Waals surface area contributed by atoms with Gasteiger partial charge in [-0.2, -0.15) is 0 Å². The van der Waals surface area contributed by atoms with Crippen molar-refractivity contribution in [3.05, 3.63) is 29.8 Å². The molecule has 2 atom stereocenters. The smallest absolute Gasteiger partial charge is 0.253 e. The van der Waals surface area contributed by atoms with E-state index in [-0.39, 0.29) is 28.7 Å². The molecule has 0 aliphatic carbocycles. The van der Waals surface area contributed by atoms with Crippen molar-refractivity contribution in [3.63, 3.8) is 0 Å². The Kier molecular flexibility index (Phi) is 6.16. The number of sulfone groups is 1. The van der Waals surface area contributed by atoms with Crippen LogP contribution in [0.3, 0.4) is 0 Å². The van der Waals surface area contributed by atoms with Crippen LogP contribution in [0.5, 0.6) is 0 Å². The largest absolute Gasteiger partial charge is 0.354 e. The van der Waals surface area contributed by atoms with Crippen molar-refractivity contribution in [2.75, 3.05) is 32.4 Å². The zero-order valence-electron chi connectivity index (χ0n) is 15.6. The second kappa shape index (κ2) is 8.39. The number of hydrogen-bond donors (Lipinski definition) is 2. The fraction of sp³-hybridized carbons (Fsp3) is 0.579. The Morgan fingerprint density at radius 3 is 2.78 bits per heavy atom. The van der Waals surface area contributed by atoms with Gasteiger partial charge in [0.25, 0.3) is 5.91 Å². The van der Waals surface area contributed by atoms with Crippen molar-refractivity contribution >= 4 is 21.7 Å². The Balaban J connectivity index is 1.58. The molecule has 2 aliphatic heterocycles. The molecule has 2 amide bonds. The van der Waals surface area contributed by atoms with Crippen LogP contribution in [0.4, 0.5) is 0 Å². The first kappa shape index (κ1) is 19.8. The molecule has 0 bridgehead atoms. The summed E-state index contributed by atoms with van der Waals surface area (Å²) in [6, 6.07) is 6.09. The summed E-state index contributed by atoms with van der Waals surface area (Å²) in [5.74, 6) is 0.0944. The number of hydrogen-bond acceptors (Lipinski definition) is 5. The van der Waals surface area contributed by atoms with Gasteiger partial charge in [0.2, 0.25) is 5.91 Å². The zero-order chi connectivity index (χ0) is 19.4. The second-order valence-corrected chi connectivity index (χ2v) is 9.47. The fourth-order valence-corrected chi connectivity index (χ4v) is 4.40. The molecule has 8 heteroatoms. The van der Waals surface area contributed by atoms with Crippen molar-refractivity contribution in [1.29, 1.82) is 0 Å². The third-order valence-corrected chi connectivity index (χ3v) is 6.37. The average Bonchev–Trinajstić information content (AvgIpc) is 3.20. The van der Waals surface area contributed by atoms with Gasteiger partial charge in [-0.15, -0.1) is 0 Å². The molecule has 0 saturated carbocycles. The van der Waals surface area contributed by atoms with Crippen LogP contribution >= 0.6 is 0 Å². The summed E-state index contributed by atoms with van der Waals surface area (Å²) in [4.78, 5) is 26.9. The standard InChI is InChI=1S/C19H27N3O4S/c1-27(25,26)16-7-2-6-15(11-16)19(24)22-10-4-5-14(13-22)12-21-18(23)17-8-3-9-20-17/h2,6-7,11,14,17,20H,3-5,8-10,12-13H2,1H3,(H,21,23). The van der Waals surface area contributed by atoms with Crippen molar-refractivity contribution in [3.8, 4) is 0 Å². The van der Waals surface area contributed by atoms with E-state index in [1.807, 2.05) is 0 Å². The van der Waals surface area contributed by atoms with Gasteiger partial charge in [0.05, 0.1) is 10.9 Å². The lowest BCUT2D eigenvalue weighted by Crippen LogP contribution is -2.46. The molecule has 2 heterocycles. The average molecular weight is 394 g/mol. The summed E-state index contributed by atoms with van der Waals surface area (Å²) in [5.41, 5.74) is 0.387. The molecule has 2 aliphatic rings. The summed E-state index contributed by atoms with van der Waals surface area (Å²) in [6.45, 7) is 2.66. The Bertz CT molecular complexity index is 803. The number of piperidine rings is 1. The van der Waals surface area contributed by atoms with E-state index in [0.717, 1.165) is 38.5 Å². The number of carbonyl (C=O) groups excluding carboxylic acids is 2. The zero-order valence-corrected chi connectivity index (χ0v) is 16.4. The molecule has 1 aromatic rings. The molecular weight excluding hydrogens is 366 g/mol. The first-order chi connectivity index (χ1) is 12.8. The molecule has 3 rings (SSSR count). The van der Waals surface area contributed by atoms with Gasteiger partial charge in [0.15, 0.2) is 9.84 Å². The number of rotatable bonds is 5. The number of nitrogens with zero attached hydrogens (tertiary/aromatic N) is 1. The van der Waals surface area contributed by atoms with E-state index in [0.29, 0.717) is 25.2 Å². The molecule has 148 valence electrons. The summed E-state index contributed by atoms with van der Waals surface area (Å²) in [5, 5.41) is 6.19. The molecule has 0 radical (unpaired) electrons. The van der Waals surface area contributed by atoms with E-state index in [2.05, 4.69) is 10.6 Å². The molecule has 2 unspecified atom stereocenters. The van der Waals surface area contributed by atoms with Crippen LogP contribution in [0.25, 0.3) is 0 Å². The third-order valence-electron chi connectivity index (χ3n) is 5.26. The first-order valence-corrected chi connectivity index (χ1v) is 11.3. The van der Waals surface area contributed by atoms with Crippen molar-refractivity contribution < 1.29 is 18.0 Å². The van der Waals surface area contributed by atoms with Gasteiger partial charge in [0.1, 0.15) is 0 Å². The normalized spacial score (nSPS) is 23.2. The van der Waals surface area contributed by atoms with Crippen LogP contribution in [0.15, 0.2) is 29.2 Å². The summed E-state index contributed by atoms with van der Waals surface area (Å²) in [6.07, 6.45) is 4.87. The maximum Gasteiger partial charge on any atom is 0.253 e. The van der Waals surface area contributed by atoms with Crippen molar-refractivity contribution in [1.82, 2.24) is 15.5 Å². The number of carbonyl (C=O) groups is 2. The van der Waals surface area contributed by atoms with Crippen molar-refractivity contribution in [2.45, 2.75) is 36.6 Å². The summed E-state index contributed by atoms with van der Waals surface area (Å²) >= 11 is 0. The molecule has 2 saturated heterocycles. The van der Waals surface area contributed by atoms with Crippen LogP contribution in [-0.4, -0.2) is 63.6 Å². The highest BCUT2D eigenvalue weighted by Crippen LogP contribution is 2.20. The highest BCUT2D eigenvalue weighted by Gasteiger charge is 2.27. The number of likely N-dealkylation sites (tertiary alicyclic amines) is 1. The summed E-state index contributed by atoms with van der Waals surface area (Å²) < 4.78 is 23.4. The van der Waals surface area contributed by atoms with E-state index in [9.17, 15) is 18.0 Å². The quantitative estimate of drug-likeness (QED) is 0.772. The Morgan fingerprint density at radius 1 is 1.26 bits per heavy atom. The SMILES string of the molecule is CS(=O)(=O)c1cccc(C(=O)N2CCCC(CNC(=O)C3CCCN3)C2)c1. The van der Waals surface area contributed by atoms with Gasteiger partial charge in [-0.3, -0.25) is 9.59 Å². The van der Waals surface area contributed by atoms with Crippen LogP contribution in [0.2, 0.25) is 0 Å². The molecule has 7 nitrogen and oxygen atoms in total.